The van der Waals surface area contributed by atoms with Gasteiger partial charge in [0.15, 0.2) is 0 Å². The molecule has 0 aromatic heterocycles. The average Bonchev–Trinajstić information content (AvgIpc) is 2.89. The molecule has 0 aliphatic carbocycles. The van der Waals surface area contributed by atoms with Crippen LogP contribution in [0, 0.1) is 17.8 Å². The number of carbonyl (C=O) groups excluding carboxylic acids is 1. The first-order chi connectivity index (χ1) is 7.75. The highest BCUT2D eigenvalue weighted by Gasteiger charge is 2.41. The third-order valence-electron chi connectivity index (χ3n) is 4.39. The Morgan fingerprint density at radius 2 is 2.00 bits per heavy atom. The first kappa shape index (κ1) is 10.5. The summed E-state index contributed by atoms with van der Waals surface area (Å²) in [6.45, 7) is 6.86. The Balaban J connectivity index is 1.63. The molecule has 16 heavy (non-hydrogen) atoms. The van der Waals surface area contributed by atoms with Crippen LogP contribution < -0.4 is 5.32 Å². The molecule has 0 aromatic carbocycles. The van der Waals surface area contributed by atoms with Crippen LogP contribution in [-0.4, -0.2) is 49.7 Å². The largest absolute Gasteiger partial charge is 0.378 e. The highest BCUT2D eigenvalue weighted by atomic mass is 16.5. The van der Waals surface area contributed by atoms with Crippen LogP contribution in [0.1, 0.15) is 13.3 Å². The Hall–Kier alpha value is -0.610. The van der Waals surface area contributed by atoms with E-state index in [2.05, 4.69) is 10.2 Å². The molecule has 3 saturated heterocycles. The molecule has 1 N–H and O–H groups in total. The van der Waals surface area contributed by atoms with Gasteiger partial charge < -0.3 is 15.0 Å². The Labute approximate surface area is 96.3 Å². The number of carbonyl (C=O) groups is 1. The van der Waals surface area contributed by atoms with E-state index in [0.717, 1.165) is 39.2 Å². The molecular weight excluding hydrogens is 204 g/mol. The number of nitrogens with zero attached hydrogens (tertiary/aromatic N) is 1. The Bertz CT molecular complexity index is 283. The first-order valence-electron chi connectivity index (χ1n) is 6.37. The lowest BCUT2D eigenvalue weighted by molar-refractivity contribution is -0.136. The zero-order valence-electron chi connectivity index (χ0n) is 9.82. The first-order valence-corrected chi connectivity index (χ1v) is 6.37. The maximum atomic E-state index is 12.3. The maximum Gasteiger partial charge on any atom is 0.228 e. The van der Waals surface area contributed by atoms with Crippen LogP contribution >= 0.6 is 0 Å². The fourth-order valence-corrected chi connectivity index (χ4v) is 3.33. The van der Waals surface area contributed by atoms with E-state index in [9.17, 15) is 4.79 Å². The second-order valence-electron chi connectivity index (χ2n) is 5.39. The van der Waals surface area contributed by atoms with Crippen molar-refractivity contribution in [2.75, 3.05) is 32.8 Å². The van der Waals surface area contributed by atoms with Crippen molar-refractivity contribution in [3.63, 3.8) is 0 Å². The smallest absolute Gasteiger partial charge is 0.228 e. The van der Waals surface area contributed by atoms with Gasteiger partial charge in [0.1, 0.15) is 0 Å². The molecule has 3 rings (SSSR count). The summed E-state index contributed by atoms with van der Waals surface area (Å²) in [5, 5.41) is 3.40. The van der Waals surface area contributed by atoms with Gasteiger partial charge in [0.05, 0.1) is 12.0 Å². The van der Waals surface area contributed by atoms with Crippen molar-refractivity contribution >= 4 is 5.91 Å². The van der Waals surface area contributed by atoms with Crippen LogP contribution in [0.2, 0.25) is 0 Å². The van der Waals surface area contributed by atoms with Crippen molar-refractivity contribution in [3.05, 3.63) is 0 Å². The zero-order valence-corrected chi connectivity index (χ0v) is 9.82. The molecule has 3 aliphatic rings. The fourth-order valence-electron chi connectivity index (χ4n) is 3.33. The van der Waals surface area contributed by atoms with Crippen LogP contribution in [0.4, 0.5) is 0 Å². The van der Waals surface area contributed by atoms with Gasteiger partial charge >= 0.3 is 0 Å². The second kappa shape index (κ2) is 4.00. The highest BCUT2D eigenvalue weighted by Crippen LogP contribution is 2.30. The summed E-state index contributed by atoms with van der Waals surface area (Å²) in [4.78, 5) is 14.4. The lowest BCUT2D eigenvalue weighted by Crippen LogP contribution is -2.38. The molecule has 0 aromatic rings. The number of rotatable bonds is 1. The molecule has 1 amide bonds. The molecule has 4 nitrogen and oxygen atoms in total. The second-order valence-corrected chi connectivity index (χ2v) is 5.39. The van der Waals surface area contributed by atoms with Gasteiger partial charge in [0.2, 0.25) is 5.91 Å². The molecule has 3 aliphatic heterocycles. The Morgan fingerprint density at radius 1 is 1.31 bits per heavy atom. The van der Waals surface area contributed by atoms with Gasteiger partial charge in [-0.05, 0) is 25.2 Å². The predicted molar refractivity (Wildman–Crippen MR) is 60.0 cm³/mol. The van der Waals surface area contributed by atoms with E-state index >= 15 is 0 Å². The summed E-state index contributed by atoms with van der Waals surface area (Å²) in [5.74, 6) is 1.84. The molecule has 0 spiro atoms. The van der Waals surface area contributed by atoms with Crippen LogP contribution in [0.25, 0.3) is 0 Å². The lowest BCUT2D eigenvalue weighted by Gasteiger charge is -2.23. The van der Waals surface area contributed by atoms with Crippen LogP contribution in [0.15, 0.2) is 0 Å². The molecule has 3 fully saturated rings. The van der Waals surface area contributed by atoms with Crippen molar-refractivity contribution < 1.29 is 9.53 Å². The van der Waals surface area contributed by atoms with E-state index in [1.165, 1.54) is 0 Å². The summed E-state index contributed by atoms with van der Waals surface area (Å²) >= 11 is 0. The number of hydrogen-bond acceptors (Lipinski definition) is 3. The summed E-state index contributed by atoms with van der Waals surface area (Å²) in [5.41, 5.74) is 0. The number of likely N-dealkylation sites (tertiary alicyclic amines) is 1. The van der Waals surface area contributed by atoms with Gasteiger partial charge in [-0.15, -0.1) is 0 Å². The third kappa shape index (κ3) is 1.64. The van der Waals surface area contributed by atoms with Gasteiger partial charge in [0, 0.05) is 32.8 Å². The average molecular weight is 224 g/mol. The van der Waals surface area contributed by atoms with Gasteiger partial charge in [-0.2, -0.15) is 0 Å². The normalized spacial score (nSPS) is 42.7. The number of amides is 1. The SMILES string of the molecule is CC1OCCC1C(=O)N1CC2CNCC2C1. The standard InChI is InChI=1S/C12H20N2O2/c1-8-11(2-3-16-8)12(15)14-6-9-4-13-5-10(9)7-14/h8-11,13H,2-7H2,1H3. The summed E-state index contributed by atoms with van der Waals surface area (Å²) in [6, 6.07) is 0. The van der Waals surface area contributed by atoms with E-state index in [0.29, 0.717) is 17.7 Å². The van der Waals surface area contributed by atoms with Gasteiger partial charge in [0.25, 0.3) is 0 Å². The molecule has 4 unspecified atom stereocenters. The fraction of sp³-hybridized carbons (Fsp3) is 0.917. The number of fused-ring (bicyclic) bond motifs is 1. The lowest BCUT2D eigenvalue weighted by atomic mass is 10.0. The molecule has 4 atom stereocenters. The monoisotopic (exact) mass is 224 g/mol. The molecule has 3 heterocycles. The minimum absolute atomic E-state index is 0.117. The molecule has 0 radical (unpaired) electrons. The topological polar surface area (TPSA) is 41.6 Å². The predicted octanol–water partition coefficient (Wildman–Crippen LogP) is 0.0892. The van der Waals surface area contributed by atoms with Gasteiger partial charge in [-0.25, -0.2) is 0 Å². The van der Waals surface area contributed by atoms with Crippen LogP contribution in [-0.2, 0) is 9.53 Å². The number of nitrogens with one attached hydrogen (secondary N) is 1. The van der Waals surface area contributed by atoms with Crippen LogP contribution in [0.3, 0.4) is 0 Å². The van der Waals surface area contributed by atoms with Gasteiger partial charge in [-0.1, -0.05) is 0 Å². The van der Waals surface area contributed by atoms with E-state index in [1.807, 2.05) is 6.92 Å². The third-order valence-corrected chi connectivity index (χ3v) is 4.39. The molecule has 90 valence electrons. The van der Waals surface area contributed by atoms with Crippen molar-refractivity contribution in [1.82, 2.24) is 10.2 Å². The number of hydrogen-bond donors (Lipinski definition) is 1. The zero-order chi connectivity index (χ0) is 11.1. The highest BCUT2D eigenvalue weighted by molar-refractivity contribution is 5.80. The summed E-state index contributed by atoms with van der Waals surface area (Å²) in [7, 11) is 0. The Kier molecular flexibility index (Phi) is 2.64. The van der Waals surface area contributed by atoms with E-state index in [-0.39, 0.29) is 12.0 Å². The maximum absolute atomic E-state index is 12.3. The van der Waals surface area contributed by atoms with Gasteiger partial charge in [-0.3, -0.25) is 4.79 Å². The van der Waals surface area contributed by atoms with E-state index in [4.69, 9.17) is 4.74 Å². The van der Waals surface area contributed by atoms with Crippen LogP contribution in [0.5, 0.6) is 0 Å². The van der Waals surface area contributed by atoms with Crippen molar-refractivity contribution in [1.29, 1.82) is 0 Å². The Morgan fingerprint density at radius 3 is 2.56 bits per heavy atom. The number of ether oxygens (including phenoxy) is 1. The van der Waals surface area contributed by atoms with Crippen molar-refractivity contribution in [3.8, 4) is 0 Å². The van der Waals surface area contributed by atoms with E-state index in [1.54, 1.807) is 0 Å². The minimum Gasteiger partial charge on any atom is -0.378 e. The summed E-state index contributed by atoms with van der Waals surface area (Å²) in [6.07, 6.45) is 1.02. The summed E-state index contributed by atoms with van der Waals surface area (Å²) < 4.78 is 5.48. The molecular formula is C12H20N2O2. The molecule has 0 bridgehead atoms. The minimum atomic E-state index is 0.117. The molecule has 4 heteroatoms. The quantitative estimate of drug-likeness (QED) is 0.686. The molecule has 0 saturated carbocycles. The van der Waals surface area contributed by atoms with E-state index < -0.39 is 0 Å². The van der Waals surface area contributed by atoms with Crippen molar-refractivity contribution in [2.24, 2.45) is 17.8 Å². The van der Waals surface area contributed by atoms with Crippen molar-refractivity contribution in [2.45, 2.75) is 19.4 Å².